The topological polar surface area (TPSA) is 68.7 Å². The van der Waals surface area contributed by atoms with Crippen molar-refractivity contribution in [2.24, 2.45) is 0 Å². The fourth-order valence-electron chi connectivity index (χ4n) is 1.55. The Morgan fingerprint density at radius 3 is 2.74 bits per heavy atom. The molecule has 0 unspecified atom stereocenters. The quantitative estimate of drug-likeness (QED) is 0.677. The molecule has 6 heteroatoms. The minimum absolute atomic E-state index is 0.0125. The molecule has 0 aliphatic carbocycles. The molecule has 0 radical (unpaired) electrons. The number of methoxy groups -OCH3 is 2. The number of aromatic nitrogens is 1. The standard InChI is InChI=1S/C13H18N2O4/c1-18-10-12(16)15(7-5-13(17)19-2)9-11-4-3-6-14-8-11/h3-4,6,8H,5,7,9-10H2,1-2H3. The van der Waals surface area contributed by atoms with Crippen LogP contribution >= 0.6 is 0 Å². The van der Waals surface area contributed by atoms with E-state index in [1.807, 2.05) is 6.07 Å². The summed E-state index contributed by atoms with van der Waals surface area (Å²) < 4.78 is 9.40. The normalized spacial score (nSPS) is 10.0. The van der Waals surface area contributed by atoms with Crippen LogP contribution < -0.4 is 0 Å². The zero-order chi connectivity index (χ0) is 14.1. The fourth-order valence-corrected chi connectivity index (χ4v) is 1.55. The van der Waals surface area contributed by atoms with E-state index in [1.54, 1.807) is 23.4 Å². The Balaban J connectivity index is 2.63. The highest BCUT2D eigenvalue weighted by Crippen LogP contribution is 2.05. The molecule has 104 valence electrons. The molecule has 0 saturated heterocycles. The molecule has 19 heavy (non-hydrogen) atoms. The Bertz CT molecular complexity index is 408. The van der Waals surface area contributed by atoms with Gasteiger partial charge in [-0.2, -0.15) is 0 Å². The third-order valence-corrected chi connectivity index (χ3v) is 2.53. The number of nitrogens with zero attached hydrogens (tertiary/aromatic N) is 2. The second-order valence-electron chi connectivity index (χ2n) is 3.94. The first-order valence-electron chi connectivity index (χ1n) is 5.89. The third-order valence-electron chi connectivity index (χ3n) is 2.53. The number of amides is 1. The molecule has 0 aliphatic heterocycles. The van der Waals surface area contributed by atoms with E-state index in [0.29, 0.717) is 13.1 Å². The van der Waals surface area contributed by atoms with Crippen LogP contribution in [0.2, 0.25) is 0 Å². The van der Waals surface area contributed by atoms with Crippen molar-refractivity contribution in [1.29, 1.82) is 0 Å². The van der Waals surface area contributed by atoms with Crippen LogP contribution in [0.3, 0.4) is 0 Å². The van der Waals surface area contributed by atoms with Crippen molar-refractivity contribution in [1.82, 2.24) is 9.88 Å². The van der Waals surface area contributed by atoms with Gasteiger partial charge in [-0.05, 0) is 11.6 Å². The second kappa shape index (κ2) is 8.20. The Morgan fingerprint density at radius 2 is 2.16 bits per heavy atom. The number of ether oxygens (including phenoxy) is 2. The van der Waals surface area contributed by atoms with Crippen LogP contribution in [0.15, 0.2) is 24.5 Å². The predicted molar refractivity (Wildman–Crippen MR) is 68.2 cm³/mol. The minimum atomic E-state index is -0.346. The van der Waals surface area contributed by atoms with Gasteiger partial charge in [-0.3, -0.25) is 14.6 Å². The molecule has 1 heterocycles. The first kappa shape index (κ1) is 15.1. The smallest absolute Gasteiger partial charge is 0.307 e. The molecule has 1 rings (SSSR count). The molecule has 1 aromatic rings. The summed E-state index contributed by atoms with van der Waals surface area (Å²) in [5.41, 5.74) is 0.900. The highest BCUT2D eigenvalue weighted by Gasteiger charge is 2.15. The molecule has 1 aromatic heterocycles. The van der Waals surface area contributed by atoms with E-state index in [1.165, 1.54) is 14.2 Å². The molecule has 0 saturated carbocycles. The maximum Gasteiger partial charge on any atom is 0.307 e. The van der Waals surface area contributed by atoms with Crippen LogP contribution in [0.25, 0.3) is 0 Å². The number of carbonyl (C=O) groups is 2. The van der Waals surface area contributed by atoms with E-state index in [2.05, 4.69) is 9.72 Å². The monoisotopic (exact) mass is 266 g/mol. The van der Waals surface area contributed by atoms with Gasteiger partial charge in [-0.1, -0.05) is 6.07 Å². The lowest BCUT2D eigenvalue weighted by Gasteiger charge is -2.21. The molecule has 0 spiro atoms. The van der Waals surface area contributed by atoms with Gasteiger partial charge in [0.15, 0.2) is 0 Å². The summed E-state index contributed by atoms with van der Waals surface area (Å²) >= 11 is 0. The predicted octanol–water partition coefficient (Wildman–Crippen LogP) is 0.620. The number of hydrogen-bond donors (Lipinski definition) is 0. The number of hydrogen-bond acceptors (Lipinski definition) is 5. The van der Waals surface area contributed by atoms with Crippen molar-refractivity contribution in [3.8, 4) is 0 Å². The van der Waals surface area contributed by atoms with E-state index in [4.69, 9.17) is 4.74 Å². The summed E-state index contributed by atoms with van der Waals surface area (Å²) in [5.74, 6) is -0.517. The average Bonchev–Trinajstić information content (AvgIpc) is 2.44. The lowest BCUT2D eigenvalue weighted by molar-refractivity contribution is -0.142. The summed E-state index contributed by atoms with van der Waals surface area (Å²) in [6.45, 7) is 0.679. The Kier molecular flexibility index (Phi) is 6.52. The largest absolute Gasteiger partial charge is 0.469 e. The van der Waals surface area contributed by atoms with Crippen LogP contribution in [0.4, 0.5) is 0 Å². The Hall–Kier alpha value is -1.95. The van der Waals surface area contributed by atoms with E-state index in [-0.39, 0.29) is 24.9 Å². The van der Waals surface area contributed by atoms with E-state index in [9.17, 15) is 9.59 Å². The van der Waals surface area contributed by atoms with Crippen molar-refractivity contribution in [3.63, 3.8) is 0 Å². The van der Waals surface area contributed by atoms with Crippen LogP contribution in [-0.4, -0.2) is 49.1 Å². The van der Waals surface area contributed by atoms with Gasteiger partial charge in [0.2, 0.25) is 5.91 Å². The number of esters is 1. The molecular weight excluding hydrogens is 248 g/mol. The van der Waals surface area contributed by atoms with Crippen molar-refractivity contribution < 1.29 is 19.1 Å². The van der Waals surface area contributed by atoms with Crippen molar-refractivity contribution >= 4 is 11.9 Å². The number of pyridine rings is 1. The summed E-state index contributed by atoms with van der Waals surface area (Å²) in [7, 11) is 2.78. The SMILES string of the molecule is COCC(=O)N(CCC(=O)OC)Cc1cccnc1. The highest BCUT2D eigenvalue weighted by molar-refractivity contribution is 5.78. The lowest BCUT2D eigenvalue weighted by Crippen LogP contribution is -2.35. The van der Waals surface area contributed by atoms with Gasteiger partial charge in [-0.15, -0.1) is 0 Å². The molecular formula is C13H18N2O4. The molecule has 6 nitrogen and oxygen atoms in total. The first-order valence-corrected chi connectivity index (χ1v) is 5.89. The second-order valence-corrected chi connectivity index (χ2v) is 3.94. The fraction of sp³-hybridized carbons (Fsp3) is 0.462. The van der Waals surface area contributed by atoms with Crippen molar-refractivity contribution in [3.05, 3.63) is 30.1 Å². The van der Waals surface area contributed by atoms with Gasteiger partial charge < -0.3 is 14.4 Å². The highest BCUT2D eigenvalue weighted by atomic mass is 16.5. The van der Waals surface area contributed by atoms with Crippen LogP contribution in [-0.2, 0) is 25.6 Å². The van der Waals surface area contributed by atoms with Crippen molar-refractivity contribution in [2.45, 2.75) is 13.0 Å². The zero-order valence-corrected chi connectivity index (χ0v) is 11.2. The lowest BCUT2D eigenvalue weighted by atomic mass is 10.2. The maximum atomic E-state index is 11.9. The first-order chi connectivity index (χ1) is 9.17. The molecule has 0 atom stereocenters. The van der Waals surface area contributed by atoms with E-state index < -0.39 is 0 Å². The summed E-state index contributed by atoms with van der Waals surface area (Å²) in [5, 5.41) is 0. The van der Waals surface area contributed by atoms with E-state index in [0.717, 1.165) is 5.56 Å². The minimum Gasteiger partial charge on any atom is -0.469 e. The molecule has 1 amide bonds. The maximum absolute atomic E-state index is 11.9. The molecule has 0 bridgehead atoms. The van der Waals surface area contributed by atoms with Crippen LogP contribution in [0.5, 0.6) is 0 Å². The van der Waals surface area contributed by atoms with Crippen LogP contribution in [0, 0.1) is 0 Å². The van der Waals surface area contributed by atoms with Gasteiger partial charge in [-0.25, -0.2) is 0 Å². The molecule has 0 fully saturated rings. The Labute approximate surface area is 112 Å². The van der Waals surface area contributed by atoms with Gasteiger partial charge in [0.1, 0.15) is 6.61 Å². The van der Waals surface area contributed by atoms with Crippen LogP contribution in [0.1, 0.15) is 12.0 Å². The van der Waals surface area contributed by atoms with Gasteiger partial charge in [0.25, 0.3) is 0 Å². The van der Waals surface area contributed by atoms with E-state index >= 15 is 0 Å². The van der Waals surface area contributed by atoms with Gasteiger partial charge >= 0.3 is 5.97 Å². The Morgan fingerprint density at radius 1 is 1.37 bits per heavy atom. The summed E-state index contributed by atoms with van der Waals surface area (Å²) in [6.07, 6.45) is 3.51. The number of carbonyl (C=O) groups excluding carboxylic acids is 2. The summed E-state index contributed by atoms with van der Waals surface area (Å²) in [6, 6.07) is 3.67. The zero-order valence-electron chi connectivity index (χ0n) is 11.2. The average molecular weight is 266 g/mol. The van der Waals surface area contributed by atoms with Gasteiger partial charge in [0, 0.05) is 32.6 Å². The van der Waals surface area contributed by atoms with Crippen molar-refractivity contribution in [2.75, 3.05) is 27.4 Å². The third kappa shape index (κ3) is 5.48. The number of rotatable bonds is 7. The molecule has 0 aromatic carbocycles. The molecule has 0 aliphatic rings. The molecule has 0 N–H and O–H groups in total. The summed E-state index contributed by atoms with van der Waals surface area (Å²) in [4.78, 5) is 28.6. The van der Waals surface area contributed by atoms with Gasteiger partial charge in [0.05, 0.1) is 13.5 Å².